The molecule has 16 heavy (non-hydrogen) atoms. The maximum atomic E-state index is 11.0. The average Bonchev–Trinajstić information content (AvgIpc) is 2.67. The molecule has 0 aromatic carbocycles. The van der Waals surface area contributed by atoms with Gasteiger partial charge in [-0.3, -0.25) is 14.9 Å². The molecule has 1 rings (SSSR count). The fourth-order valence-electron chi connectivity index (χ4n) is 1.02. The summed E-state index contributed by atoms with van der Waals surface area (Å²) >= 11 is 1.07. The summed E-state index contributed by atoms with van der Waals surface area (Å²) < 4.78 is 4.73. The van der Waals surface area contributed by atoms with E-state index < -0.39 is 4.92 Å². The zero-order valence-corrected chi connectivity index (χ0v) is 9.53. The molecule has 1 heterocycles. The van der Waals surface area contributed by atoms with E-state index in [1.54, 1.807) is 25.1 Å². The van der Waals surface area contributed by atoms with Crippen LogP contribution in [0, 0.1) is 10.1 Å². The molecule has 0 saturated carbocycles. The predicted molar refractivity (Wildman–Crippen MR) is 61.3 cm³/mol. The minimum atomic E-state index is -0.437. The van der Waals surface area contributed by atoms with Crippen LogP contribution in [-0.2, 0) is 9.53 Å². The molecule has 0 unspecified atom stereocenters. The van der Waals surface area contributed by atoms with Gasteiger partial charge in [-0.1, -0.05) is 17.4 Å². The molecule has 0 N–H and O–H groups in total. The first-order valence-electron chi connectivity index (χ1n) is 4.70. The van der Waals surface area contributed by atoms with Crippen molar-refractivity contribution in [3.05, 3.63) is 33.2 Å². The molecule has 0 bridgehead atoms. The summed E-state index contributed by atoms with van der Waals surface area (Å²) in [6.45, 7) is 2.10. The van der Waals surface area contributed by atoms with Crippen molar-refractivity contribution in [3.8, 4) is 0 Å². The average molecular weight is 241 g/mol. The highest BCUT2D eigenvalue weighted by molar-refractivity contribution is 7.16. The highest BCUT2D eigenvalue weighted by Crippen LogP contribution is 2.24. The lowest BCUT2D eigenvalue weighted by Gasteiger charge is -1.95. The highest BCUT2D eigenvalue weighted by atomic mass is 32.1. The molecule has 0 aliphatic heterocycles. The Kier molecular flexibility index (Phi) is 4.65. The van der Waals surface area contributed by atoms with E-state index in [4.69, 9.17) is 4.74 Å². The van der Waals surface area contributed by atoms with E-state index >= 15 is 0 Å². The normalized spacial score (nSPS) is 10.6. The van der Waals surface area contributed by atoms with Crippen LogP contribution in [0.3, 0.4) is 0 Å². The quantitative estimate of drug-likeness (QED) is 0.451. The predicted octanol–water partition coefficient (Wildman–Crippen LogP) is 2.62. The number of hydrogen-bond acceptors (Lipinski definition) is 5. The van der Waals surface area contributed by atoms with Gasteiger partial charge in [0.05, 0.1) is 18.0 Å². The number of rotatable bonds is 5. The van der Waals surface area contributed by atoms with E-state index in [1.807, 2.05) is 0 Å². The van der Waals surface area contributed by atoms with Crippen LogP contribution in [0.15, 0.2) is 18.2 Å². The van der Waals surface area contributed by atoms with Crippen molar-refractivity contribution in [1.82, 2.24) is 0 Å². The van der Waals surface area contributed by atoms with Gasteiger partial charge >= 0.3 is 11.0 Å². The van der Waals surface area contributed by atoms with Crippen molar-refractivity contribution in [2.75, 3.05) is 6.61 Å². The standard InChI is InChI=1S/C10H11NO4S/c1-2-15-10(12)5-3-4-8-6-7-9(16-8)11(13)14/h3-4,6-7H,2,5H2,1H3. The number of carbonyl (C=O) groups is 1. The Hall–Kier alpha value is -1.69. The van der Waals surface area contributed by atoms with Gasteiger partial charge in [0, 0.05) is 10.9 Å². The summed E-state index contributed by atoms with van der Waals surface area (Å²) in [5, 5.41) is 10.5. The van der Waals surface area contributed by atoms with Crippen LogP contribution in [0.25, 0.3) is 6.08 Å². The molecule has 0 radical (unpaired) electrons. The Labute approximate surface area is 96.5 Å². The van der Waals surface area contributed by atoms with Crippen molar-refractivity contribution in [2.24, 2.45) is 0 Å². The number of nitro groups is 1. The summed E-state index contributed by atoms with van der Waals surface area (Å²) in [6, 6.07) is 3.08. The van der Waals surface area contributed by atoms with Gasteiger partial charge in [0.25, 0.3) is 0 Å². The van der Waals surface area contributed by atoms with Gasteiger partial charge < -0.3 is 4.74 Å². The molecule has 0 aliphatic carbocycles. The minimum absolute atomic E-state index is 0.0933. The lowest BCUT2D eigenvalue weighted by molar-refractivity contribution is -0.380. The summed E-state index contributed by atoms with van der Waals surface area (Å²) in [6.07, 6.45) is 3.49. The molecule has 0 spiro atoms. The van der Waals surface area contributed by atoms with Gasteiger partial charge in [-0.25, -0.2) is 0 Å². The summed E-state index contributed by atoms with van der Waals surface area (Å²) in [4.78, 5) is 21.7. The molecule has 86 valence electrons. The van der Waals surface area contributed by atoms with E-state index in [9.17, 15) is 14.9 Å². The van der Waals surface area contributed by atoms with Gasteiger partial charge in [0.1, 0.15) is 0 Å². The molecule has 1 aromatic rings. The third-order valence-electron chi connectivity index (χ3n) is 1.66. The summed E-state index contributed by atoms with van der Waals surface area (Å²) in [5.41, 5.74) is 0. The number of carbonyl (C=O) groups excluding carboxylic acids is 1. The van der Waals surface area contributed by atoms with Crippen LogP contribution in [0.4, 0.5) is 5.00 Å². The lowest BCUT2D eigenvalue weighted by atomic mass is 10.3. The van der Waals surface area contributed by atoms with Gasteiger partial charge in [0.15, 0.2) is 0 Å². The van der Waals surface area contributed by atoms with E-state index in [0.717, 1.165) is 16.2 Å². The maximum absolute atomic E-state index is 11.0. The van der Waals surface area contributed by atoms with Crippen LogP contribution in [0.5, 0.6) is 0 Å². The maximum Gasteiger partial charge on any atom is 0.324 e. The molecule has 0 aliphatic rings. The number of hydrogen-bond donors (Lipinski definition) is 0. The third kappa shape index (κ3) is 3.82. The fraction of sp³-hybridized carbons (Fsp3) is 0.300. The molecule has 0 atom stereocenters. The Bertz CT molecular complexity index is 411. The topological polar surface area (TPSA) is 69.4 Å². The largest absolute Gasteiger partial charge is 0.466 e. The molecular weight excluding hydrogens is 230 g/mol. The Balaban J connectivity index is 2.50. The fourth-order valence-corrected chi connectivity index (χ4v) is 1.77. The van der Waals surface area contributed by atoms with Gasteiger partial charge in [-0.2, -0.15) is 0 Å². The second-order valence-electron chi connectivity index (χ2n) is 2.84. The summed E-state index contributed by atoms with van der Waals surface area (Å²) in [5.74, 6) is -0.301. The number of ether oxygens (including phenoxy) is 1. The van der Waals surface area contributed by atoms with E-state index in [0.29, 0.717) is 6.61 Å². The monoisotopic (exact) mass is 241 g/mol. The first-order chi connectivity index (χ1) is 7.63. The Morgan fingerprint density at radius 1 is 1.62 bits per heavy atom. The second-order valence-corrected chi connectivity index (χ2v) is 3.94. The molecule has 0 fully saturated rings. The van der Waals surface area contributed by atoms with E-state index in [1.165, 1.54) is 6.07 Å². The van der Waals surface area contributed by atoms with Crippen molar-refractivity contribution in [2.45, 2.75) is 13.3 Å². The first-order valence-corrected chi connectivity index (χ1v) is 5.51. The SMILES string of the molecule is CCOC(=O)CC=Cc1ccc([N+](=O)[O-])s1. The zero-order chi connectivity index (χ0) is 12.0. The molecule has 1 aromatic heterocycles. The van der Waals surface area contributed by atoms with Crippen molar-refractivity contribution in [1.29, 1.82) is 0 Å². The zero-order valence-electron chi connectivity index (χ0n) is 8.71. The van der Waals surface area contributed by atoms with E-state index in [-0.39, 0.29) is 17.4 Å². The van der Waals surface area contributed by atoms with Crippen LogP contribution < -0.4 is 0 Å². The minimum Gasteiger partial charge on any atom is -0.466 e. The van der Waals surface area contributed by atoms with Crippen LogP contribution in [0.2, 0.25) is 0 Å². The van der Waals surface area contributed by atoms with Gasteiger partial charge in [-0.15, -0.1) is 0 Å². The number of nitrogens with zero attached hydrogens (tertiary/aromatic N) is 1. The smallest absolute Gasteiger partial charge is 0.324 e. The van der Waals surface area contributed by atoms with Crippen molar-refractivity contribution in [3.63, 3.8) is 0 Å². The lowest BCUT2D eigenvalue weighted by Crippen LogP contribution is -2.01. The molecule has 6 heteroatoms. The molecule has 5 nitrogen and oxygen atoms in total. The highest BCUT2D eigenvalue weighted by Gasteiger charge is 2.07. The third-order valence-corrected chi connectivity index (χ3v) is 2.67. The van der Waals surface area contributed by atoms with Gasteiger partial charge in [0.2, 0.25) is 0 Å². The Morgan fingerprint density at radius 2 is 2.38 bits per heavy atom. The van der Waals surface area contributed by atoms with Crippen LogP contribution >= 0.6 is 11.3 Å². The van der Waals surface area contributed by atoms with Crippen molar-refractivity contribution >= 4 is 28.4 Å². The first kappa shape index (κ1) is 12.4. The Morgan fingerprint density at radius 3 is 2.94 bits per heavy atom. The molecule has 0 saturated heterocycles. The molecular formula is C10H11NO4S. The van der Waals surface area contributed by atoms with E-state index in [2.05, 4.69) is 0 Å². The number of esters is 1. The summed E-state index contributed by atoms with van der Waals surface area (Å²) in [7, 11) is 0. The number of thiophene rings is 1. The van der Waals surface area contributed by atoms with Gasteiger partial charge in [-0.05, 0) is 19.1 Å². The molecule has 0 amide bonds. The van der Waals surface area contributed by atoms with Crippen molar-refractivity contribution < 1.29 is 14.5 Å². The van der Waals surface area contributed by atoms with Crippen LogP contribution in [0.1, 0.15) is 18.2 Å². The second kappa shape index (κ2) is 6.02. The van der Waals surface area contributed by atoms with Crippen LogP contribution in [-0.4, -0.2) is 17.5 Å².